The molecule has 0 bridgehead atoms. The largest absolute Gasteiger partial charge is 0.387 e. The Kier molecular flexibility index (Phi) is 3.88. The van der Waals surface area contributed by atoms with Gasteiger partial charge in [0.2, 0.25) is 5.76 Å². The molecule has 1 aromatic rings. The summed E-state index contributed by atoms with van der Waals surface area (Å²) in [5.74, 6) is -0.209. The van der Waals surface area contributed by atoms with Crippen LogP contribution >= 0.6 is 0 Å². The van der Waals surface area contributed by atoms with Crippen LogP contribution in [0.15, 0.2) is 10.6 Å². The minimum Gasteiger partial charge on any atom is -0.387 e. The number of carbonyl (C=O) groups excluding carboxylic acids is 1. The molecule has 1 saturated carbocycles. The summed E-state index contributed by atoms with van der Waals surface area (Å²) in [5.41, 5.74) is -0.709. The van der Waals surface area contributed by atoms with Crippen LogP contribution in [0.5, 0.6) is 0 Å². The van der Waals surface area contributed by atoms with Crippen molar-refractivity contribution < 1.29 is 19.2 Å². The molecule has 1 fully saturated rings. The summed E-state index contributed by atoms with van der Waals surface area (Å²) in [4.78, 5) is 11.9. The van der Waals surface area contributed by atoms with Gasteiger partial charge in [0.05, 0.1) is 17.4 Å². The number of ether oxygens (including phenoxy) is 1. The maximum atomic E-state index is 11.9. The van der Waals surface area contributed by atoms with Gasteiger partial charge in [0.15, 0.2) is 0 Å². The van der Waals surface area contributed by atoms with Crippen molar-refractivity contribution in [1.29, 1.82) is 0 Å². The lowest BCUT2D eigenvalue weighted by molar-refractivity contribution is -0.237. The van der Waals surface area contributed by atoms with E-state index in [0.29, 0.717) is 18.7 Å². The minimum absolute atomic E-state index is 0.0157. The molecule has 1 aliphatic carbocycles. The molecule has 0 radical (unpaired) electrons. The van der Waals surface area contributed by atoms with E-state index in [1.807, 2.05) is 20.8 Å². The van der Waals surface area contributed by atoms with E-state index >= 15 is 0 Å². The molecule has 0 aromatic carbocycles. The zero-order valence-corrected chi connectivity index (χ0v) is 12.4. The highest BCUT2D eigenvalue weighted by molar-refractivity contribution is 5.91. The number of aliphatic hydroxyl groups is 1. The van der Waals surface area contributed by atoms with E-state index < -0.39 is 11.0 Å². The van der Waals surface area contributed by atoms with E-state index in [4.69, 9.17) is 9.26 Å². The van der Waals surface area contributed by atoms with Gasteiger partial charge in [-0.05, 0) is 13.8 Å². The van der Waals surface area contributed by atoms with Crippen molar-refractivity contribution in [1.82, 2.24) is 10.5 Å². The molecule has 1 aromatic heterocycles. The Balaban J connectivity index is 1.93. The number of amides is 1. The number of aromatic nitrogens is 1. The Morgan fingerprint density at radius 1 is 1.65 bits per heavy atom. The molecule has 2 atom stereocenters. The topological polar surface area (TPSA) is 84.6 Å². The lowest BCUT2D eigenvalue weighted by atomic mass is 9.56. The van der Waals surface area contributed by atoms with Crippen molar-refractivity contribution in [3.63, 3.8) is 0 Å². The molecule has 1 amide bonds. The SMILES string of the molecule is CCO[C@H]1C[C@](O)(CNC(=O)c2cc(C)no2)C1(C)C. The van der Waals surface area contributed by atoms with Gasteiger partial charge >= 0.3 is 0 Å². The van der Waals surface area contributed by atoms with Crippen LogP contribution in [-0.4, -0.2) is 41.0 Å². The summed E-state index contributed by atoms with van der Waals surface area (Å²) >= 11 is 0. The maximum absolute atomic E-state index is 11.9. The van der Waals surface area contributed by atoms with E-state index in [2.05, 4.69) is 10.5 Å². The quantitative estimate of drug-likeness (QED) is 0.849. The van der Waals surface area contributed by atoms with Crippen LogP contribution in [0.1, 0.15) is 43.4 Å². The monoisotopic (exact) mass is 282 g/mol. The number of aryl methyl sites for hydroxylation is 1. The number of rotatable bonds is 5. The Morgan fingerprint density at radius 3 is 2.85 bits per heavy atom. The second-order valence-electron chi connectivity index (χ2n) is 5.92. The maximum Gasteiger partial charge on any atom is 0.290 e. The predicted octanol–water partition coefficient (Wildman–Crippen LogP) is 1.28. The Labute approximate surface area is 118 Å². The van der Waals surface area contributed by atoms with Crippen LogP contribution in [0.25, 0.3) is 0 Å². The predicted molar refractivity (Wildman–Crippen MR) is 72.3 cm³/mol. The third kappa shape index (κ3) is 2.45. The molecule has 2 N–H and O–H groups in total. The average molecular weight is 282 g/mol. The second kappa shape index (κ2) is 5.18. The van der Waals surface area contributed by atoms with Gasteiger partial charge in [-0.15, -0.1) is 0 Å². The number of carbonyl (C=O) groups is 1. The lowest BCUT2D eigenvalue weighted by Crippen LogP contribution is -2.68. The molecular formula is C14H22N2O4. The molecule has 0 saturated heterocycles. The Hall–Kier alpha value is -1.40. The van der Waals surface area contributed by atoms with Crippen molar-refractivity contribution in [3.8, 4) is 0 Å². The fourth-order valence-corrected chi connectivity index (χ4v) is 2.55. The van der Waals surface area contributed by atoms with Gasteiger partial charge < -0.3 is 19.7 Å². The van der Waals surface area contributed by atoms with Crippen LogP contribution in [-0.2, 0) is 4.74 Å². The van der Waals surface area contributed by atoms with Crippen LogP contribution in [0.4, 0.5) is 0 Å². The molecule has 1 aliphatic rings. The molecule has 6 nitrogen and oxygen atoms in total. The van der Waals surface area contributed by atoms with Gasteiger partial charge in [-0.2, -0.15) is 0 Å². The van der Waals surface area contributed by atoms with Gasteiger partial charge in [0.25, 0.3) is 5.91 Å². The molecule has 0 aliphatic heterocycles. The molecule has 1 heterocycles. The van der Waals surface area contributed by atoms with Crippen LogP contribution < -0.4 is 5.32 Å². The smallest absolute Gasteiger partial charge is 0.290 e. The van der Waals surface area contributed by atoms with Crippen LogP contribution in [0.3, 0.4) is 0 Å². The fraction of sp³-hybridized carbons (Fsp3) is 0.714. The number of nitrogens with zero attached hydrogens (tertiary/aromatic N) is 1. The zero-order valence-electron chi connectivity index (χ0n) is 12.4. The van der Waals surface area contributed by atoms with Crippen molar-refractivity contribution in [2.75, 3.05) is 13.2 Å². The number of hydrogen-bond acceptors (Lipinski definition) is 5. The summed E-state index contributed by atoms with van der Waals surface area (Å²) in [6.45, 7) is 8.36. The van der Waals surface area contributed by atoms with Gasteiger partial charge in [-0.1, -0.05) is 19.0 Å². The third-order valence-corrected chi connectivity index (χ3v) is 4.29. The van der Waals surface area contributed by atoms with Crippen LogP contribution in [0.2, 0.25) is 0 Å². The minimum atomic E-state index is -0.961. The highest BCUT2D eigenvalue weighted by Gasteiger charge is 2.59. The van der Waals surface area contributed by atoms with Crippen LogP contribution in [0, 0.1) is 12.3 Å². The summed E-state index contributed by atoms with van der Waals surface area (Å²) in [5, 5.41) is 17.0. The first-order valence-electron chi connectivity index (χ1n) is 6.85. The van der Waals surface area contributed by atoms with E-state index in [1.165, 1.54) is 0 Å². The van der Waals surface area contributed by atoms with Gasteiger partial charge in [-0.3, -0.25) is 4.79 Å². The first kappa shape index (κ1) is 15.0. The van der Waals surface area contributed by atoms with Gasteiger partial charge in [0.1, 0.15) is 0 Å². The van der Waals surface area contributed by atoms with Crippen molar-refractivity contribution in [2.24, 2.45) is 5.41 Å². The Bertz CT molecular complexity index is 497. The molecule has 6 heteroatoms. The summed E-state index contributed by atoms with van der Waals surface area (Å²) in [7, 11) is 0. The van der Waals surface area contributed by atoms with Gasteiger partial charge in [-0.25, -0.2) is 0 Å². The second-order valence-corrected chi connectivity index (χ2v) is 5.92. The summed E-state index contributed by atoms with van der Waals surface area (Å²) in [6.07, 6.45) is 0.533. The molecule has 112 valence electrons. The normalized spacial score (nSPS) is 27.9. The molecular weight excluding hydrogens is 260 g/mol. The van der Waals surface area contributed by atoms with Crippen molar-refractivity contribution in [2.45, 2.75) is 45.8 Å². The summed E-state index contributed by atoms with van der Waals surface area (Å²) < 4.78 is 10.5. The highest BCUT2D eigenvalue weighted by Crippen LogP contribution is 2.50. The van der Waals surface area contributed by atoms with E-state index in [1.54, 1.807) is 13.0 Å². The molecule has 2 rings (SSSR count). The Morgan fingerprint density at radius 2 is 2.35 bits per heavy atom. The van der Waals surface area contributed by atoms with Crippen molar-refractivity contribution >= 4 is 5.91 Å². The van der Waals surface area contributed by atoms with E-state index in [9.17, 15) is 9.90 Å². The molecule has 20 heavy (non-hydrogen) atoms. The highest BCUT2D eigenvalue weighted by atomic mass is 16.5. The first-order chi connectivity index (χ1) is 9.30. The molecule has 0 spiro atoms. The first-order valence-corrected chi connectivity index (χ1v) is 6.85. The zero-order chi connectivity index (χ0) is 15.0. The number of hydrogen-bond donors (Lipinski definition) is 2. The van der Waals surface area contributed by atoms with Gasteiger partial charge in [0, 0.05) is 31.1 Å². The van der Waals surface area contributed by atoms with E-state index in [-0.39, 0.29) is 24.3 Å². The fourth-order valence-electron chi connectivity index (χ4n) is 2.55. The van der Waals surface area contributed by atoms with Crippen molar-refractivity contribution in [3.05, 3.63) is 17.5 Å². The molecule has 0 unspecified atom stereocenters. The lowest BCUT2D eigenvalue weighted by Gasteiger charge is -2.57. The van der Waals surface area contributed by atoms with E-state index in [0.717, 1.165) is 0 Å². The summed E-state index contributed by atoms with van der Waals surface area (Å²) in [6, 6.07) is 1.56. The average Bonchev–Trinajstić information content (AvgIpc) is 2.82. The standard InChI is InChI=1S/C14H22N2O4/c1-5-19-11-7-14(18,13(11,3)4)8-15-12(17)10-6-9(2)16-20-10/h6,11,18H,5,7-8H2,1-4H3,(H,15,17)/t11-,14-/m0/s1. The third-order valence-electron chi connectivity index (χ3n) is 4.29. The number of nitrogens with one attached hydrogen (secondary N) is 1.